The molecule has 2 aromatic rings. The summed E-state index contributed by atoms with van der Waals surface area (Å²) in [6.07, 6.45) is 0. The number of rotatable bonds is 2. The van der Waals surface area contributed by atoms with Crippen LogP contribution in [0.1, 0.15) is 15.9 Å². The fraction of sp³-hybridized carbons (Fsp3) is 0.0909. The van der Waals surface area contributed by atoms with Gasteiger partial charge in [0.25, 0.3) is 0 Å². The van der Waals surface area contributed by atoms with Crippen LogP contribution in [0, 0.1) is 6.92 Å². The fourth-order valence-corrected chi connectivity index (χ4v) is 1.44. The van der Waals surface area contributed by atoms with Crippen molar-refractivity contribution in [1.29, 1.82) is 0 Å². The van der Waals surface area contributed by atoms with Gasteiger partial charge in [-0.05, 0) is 19.1 Å². The quantitative estimate of drug-likeness (QED) is 0.804. The number of H-pyrrole nitrogens is 1. The smallest absolute Gasteiger partial charge is 0.360 e. The van der Waals surface area contributed by atoms with Crippen molar-refractivity contribution in [3.8, 4) is 11.3 Å². The molecule has 0 fully saturated rings. The average molecular weight is 219 g/mol. The van der Waals surface area contributed by atoms with Gasteiger partial charge in [0.05, 0.1) is 16.8 Å². The molecule has 16 heavy (non-hydrogen) atoms. The summed E-state index contributed by atoms with van der Waals surface area (Å²) in [5.74, 6) is -1.01. The zero-order chi connectivity index (χ0) is 11.7. The summed E-state index contributed by atoms with van der Waals surface area (Å²) in [7, 11) is 0. The zero-order valence-electron chi connectivity index (χ0n) is 8.48. The van der Waals surface area contributed by atoms with E-state index in [4.69, 9.17) is 5.11 Å². The van der Waals surface area contributed by atoms with E-state index < -0.39 is 11.6 Å². The van der Waals surface area contributed by atoms with Crippen LogP contribution in [0.2, 0.25) is 0 Å². The van der Waals surface area contributed by atoms with E-state index in [1.54, 1.807) is 19.1 Å². The topological polar surface area (TPSA) is 83.3 Å². The molecule has 5 nitrogen and oxygen atoms in total. The second-order valence-corrected chi connectivity index (χ2v) is 3.38. The van der Waals surface area contributed by atoms with Gasteiger partial charge in [-0.2, -0.15) is 0 Å². The predicted octanol–water partition coefficient (Wildman–Crippen LogP) is 1.64. The number of carboxylic acids is 1. The van der Waals surface area contributed by atoms with E-state index in [-0.39, 0.29) is 5.56 Å². The van der Waals surface area contributed by atoms with Gasteiger partial charge >= 0.3 is 11.6 Å². The number of aromatic carboxylic acids is 1. The van der Waals surface area contributed by atoms with Crippen LogP contribution in [0.5, 0.6) is 0 Å². The first kappa shape index (κ1) is 10.2. The van der Waals surface area contributed by atoms with Gasteiger partial charge in [-0.1, -0.05) is 12.1 Å². The molecule has 5 heteroatoms. The van der Waals surface area contributed by atoms with Crippen LogP contribution in [0.4, 0.5) is 0 Å². The van der Waals surface area contributed by atoms with Crippen LogP contribution in [0.25, 0.3) is 11.3 Å². The van der Waals surface area contributed by atoms with Crippen LogP contribution in [0.3, 0.4) is 0 Å². The second kappa shape index (κ2) is 3.69. The van der Waals surface area contributed by atoms with Crippen molar-refractivity contribution in [1.82, 2.24) is 5.16 Å². The van der Waals surface area contributed by atoms with Crippen LogP contribution in [-0.2, 0) is 0 Å². The summed E-state index contributed by atoms with van der Waals surface area (Å²) in [5.41, 5.74) is 1.27. The summed E-state index contributed by atoms with van der Waals surface area (Å²) in [6, 6.07) is 6.29. The summed E-state index contributed by atoms with van der Waals surface area (Å²) in [4.78, 5) is 21.9. The molecule has 0 saturated heterocycles. The highest BCUT2D eigenvalue weighted by molar-refractivity contribution is 5.89. The molecule has 2 N–H and O–H groups in total. The molecule has 1 heterocycles. The van der Waals surface area contributed by atoms with E-state index in [9.17, 15) is 9.59 Å². The lowest BCUT2D eigenvalue weighted by atomic mass is 10.1. The molecule has 0 amide bonds. The minimum absolute atomic E-state index is 0.166. The first-order valence-corrected chi connectivity index (χ1v) is 4.61. The standard InChI is InChI=1S/C11H9NO4/c1-6-9(12-16-11(6)15)7-3-2-4-8(5-7)10(13)14/h2-5,12H,1H3,(H,13,14). The van der Waals surface area contributed by atoms with Crippen molar-refractivity contribution in [3.05, 3.63) is 45.8 Å². The largest absolute Gasteiger partial charge is 0.478 e. The van der Waals surface area contributed by atoms with Crippen molar-refractivity contribution in [2.24, 2.45) is 0 Å². The van der Waals surface area contributed by atoms with Crippen LogP contribution in [0.15, 0.2) is 33.6 Å². The van der Waals surface area contributed by atoms with Crippen molar-refractivity contribution in [2.75, 3.05) is 0 Å². The monoisotopic (exact) mass is 219 g/mol. The lowest BCUT2D eigenvalue weighted by molar-refractivity contribution is 0.0697. The Labute approximate surface area is 90.3 Å². The number of hydrogen-bond acceptors (Lipinski definition) is 3. The maximum Gasteiger partial charge on any atom is 0.360 e. The summed E-state index contributed by atoms with van der Waals surface area (Å²) >= 11 is 0. The molecule has 0 radical (unpaired) electrons. The van der Waals surface area contributed by atoms with Crippen molar-refractivity contribution >= 4 is 5.97 Å². The minimum Gasteiger partial charge on any atom is -0.478 e. The molecular formula is C11H9NO4. The Balaban J connectivity index is 2.57. The third-order valence-corrected chi connectivity index (χ3v) is 2.33. The van der Waals surface area contributed by atoms with E-state index in [0.29, 0.717) is 16.8 Å². The SMILES string of the molecule is Cc1c(-c2cccc(C(=O)O)c2)[nH]oc1=O. The molecule has 82 valence electrons. The third kappa shape index (κ3) is 1.63. The average Bonchev–Trinajstić information content (AvgIpc) is 2.60. The Morgan fingerprint density at radius 2 is 2.19 bits per heavy atom. The maximum atomic E-state index is 11.1. The highest BCUT2D eigenvalue weighted by Crippen LogP contribution is 2.20. The van der Waals surface area contributed by atoms with Crippen LogP contribution < -0.4 is 5.63 Å². The zero-order valence-corrected chi connectivity index (χ0v) is 8.48. The van der Waals surface area contributed by atoms with Crippen molar-refractivity contribution < 1.29 is 14.4 Å². The Morgan fingerprint density at radius 1 is 1.44 bits per heavy atom. The Bertz CT molecular complexity index is 594. The Morgan fingerprint density at radius 3 is 2.75 bits per heavy atom. The van der Waals surface area contributed by atoms with Gasteiger partial charge < -0.3 is 9.63 Å². The number of aromatic amines is 1. The first-order chi connectivity index (χ1) is 7.59. The molecule has 0 spiro atoms. The second-order valence-electron chi connectivity index (χ2n) is 3.38. The Kier molecular flexibility index (Phi) is 2.36. The molecular weight excluding hydrogens is 210 g/mol. The normalized spacial score (nSPS) is 10.3. The predicted molar refractivity (Wildman–Crippen MR) is 56.5 cm³/mol. The van der Waals surface area contributed by atoms with E-state index >= 15 is 0 Å². The summed E-state index contributed by atoms with van der Waals surface area (Å²) in [5, 5.41) is 11.3. The lowest BCUT2D eigenvalue weighted by Gasteiger charge is -1.99. The van der Waals surface area contributed by atoms with Gasteiger partial charge in [-0.25, -0.2) is 14.7 Å². The van der Waals surface area contributed by atoms with Gasteiger partial charge in [-0.15, -0.1) is 0 Å². The first-order valence-electron chi connectivity index (χ1n) is 4.61. The third-order valence-electron chi connectivity index (χ3n) is 2.33. The fourth-order valence-electron chi connectivity index (χ4n) is 1.44. The molecule has 1 aromatic heterocycles. The van der Waals surface area contributed by atoms with Crippen LogP contribution >= 0.6 is 0 Å². The van der Waals surface area contributed by atoms with Gasteiger partial charge in [0.1, 0.15) is 0 Å². The lowest BCUT2D eigenvalue weighted by Crippen LogP contribution is -1.98. The minimum atomic E-state index is -1.01. The molecule has 0 atom stereocenters. The van der Waals surface area contributed by atoms with Crippen LogP contribution in [-0.4, -0.2) is 16.2 Å². The molecule has 0 aliphatic rings. The Hall–Kier alpha value is -2.30. The van der Waals surface area contributed by atoms with E-state index in [1.165, 1.54) is 12.1 Å². The number of nitrogens with one attached hydrogen (secondary N) is 1. The summed E-state index contributed by atoms with van der Waals surface area (Å²) in [6.45, 7) is 1.62. The molecule has 2 rings (SSSR count). The maximum absolute atomic E-state index is 11.1. The van der Waals surface area contributed by atoms with Gasteiger partial charge in [-0.3, -0.25) is 0 Å². The number of aromatic nitrogens is 1. The highest BCUT2D eigenvalue weighted by atomic mass is 16.5. The van der Waals surface area contributed by atoms with E-state index in [2.05, 4.69) is 9.68 Å². The van der Waals surface area contributed by atoms with Crippen molar-refractivity contribution in [2.45, 2.75) is 6.92 Å². The van der Waals surface area contributed by atoms with Gasteiger partial charge in [0.2, 0.25) is 0 Å². The number of carbonyl (C=O) groups is 1. The molecule has 0 bridgehead atoms. The molecule has 0 saturated carbocycles. The summed E-state index contributed by atoms with van der Waals surface area (Å²) < 4.78 is 4.62. The molecule has 0 aliphatic carbocycles. The number of hydrogen-bond donors (Lipinski definition) is 2. The highest BCUT2D eigenvalue weighted by Gasteiger charge is 2.11. The van der Waals surface area contributed by atoms with Gasteiger partial charge in [0, 0.05) is 5.56 Å². The molecule has 1 aromatic carbocycles. The number of carboxylic acid groups (broad SMARTS) is 1. The van der Waals surface area contributed by atoms with Crippen molar-refractivity contribution in [3.63, 3.8) is 0 Å². The van der Waals surface area contributed by atoms with E-state index in [1.807, 2.05) is 0 Å². The van der Waals surface area contributed by atoms with E-state index in [0.717, 1.165) is 0 Å². The molecule has 0 unspecified atom stereocenters. The van der Waals surface area contributed by atoms with Gasteiger partial charge in [0.15, 0.2) is 0 Å². The number of benzene rings is 1. The molecule has 0 aliphatic heterocycles.